The van der Waals surface area contributed by atoms with Crippen molar-refractivity contribution in [2.24, 2.45) is 5.73 Å². The number of benzene rings is 1. The van der Waals surface area contributed by atoms with Gasteiger partial charge in [0.2, 0.25) is 0 Å². The van der Waals surface area contributed by atoms with E-state index < -0.39 is 11.7 Å². The highest BCUT2D eigenvalue weighted by Gasteiger charge is 2.35. The summed E-state index contributed by atoms with van der Waals surface area (Å²) < 4.78 is 38.8. The summed E-state index contributed by atoms with van der Waals surface area (Å²) in [5.74, 6) is 0. The normalized spacial score (nSPS) is 17.9. The third-order valence-corrected chi connectivity index (χ3v) is 3.89. The molecule has 0 fully saturated rings. The predicted octanol–water partition coefficient (Wildman–Crippen LogP) is 4.17. The molecule has 0 saturated carbocycles. The van der Waals surface area contributed by atoms with E-state index in [-0.39, 0.29) is 19.0 Å². The number of nitrogens with two attached hydrogens (primary N) is 1. The summed E-state index contributed by atoms with van der Waals surface area (Å²) in [4.78, 5) is 1.93. The van der Waals surface area contributed by atoms with Gasteiger partial charge in [-0.3, -0.25) is 0 Å². The summed E-state index contributed by atoms with van der Waals surface area (Å²) in [5, 5.41) is 0. The monoisotopic (exact) mass is 348 g/mol. The molecular formula is C14H16BrF3N2. The molecule has 2 N–H and O–H groups in total. The van der Waals surface area contributed by atoms with Crippen molar-refractivity contribution in [3.63, 3.8) is 0 Å². The summed E-state index contributed by atoms with van der Waals surface area (Å²) in [5.41, 5.74) is 7.34. The summed E-state index contributed by atoms with van der Waals surface area (Å²) in [7, 11) is 0. The van der Waals surface area contributed by atoms with Gasteiger partial charge in [0.1, 0.15) is 0 Å². The molecule has 1 aliphatic heterocycles. The highest BCUT2D eigenvalue weighted by molar-refractivity contribution is 9.10. The van der Waals surface area contributed by atoms with Crippen molar-refractivity contribution in [3.05, 3.63) is 39.9 Å². The zero-order valence-electron chi connectivity index (χ0n) is 11.0. The van der Waals surface area contributed by atoms with Crippen molar-refractivity contribution >= 4 is 21.6 Å². The van der Waals surface area contributed by atoms with Crippen LogP contribution in [-0.2, 0) is 0 Å². The molecule has 1 atom stereocenters. The Kier molecular flexibility index (Phi) is 4.44. The van der Waals surface area contributed by atoms with E-state index in [4.69, 9.17) is 5.73 Å². The maximum absolute atomic E-state index is 12.6. The lowest BCUT2D eigenvalue weighted by molar-refractivity contribution is -0.0943. The summed E-state index contributed by atoms with van der Waals surface area (Å²) in [6.45, 7) is 2.48. The van der Waals surface area contributed by atoms with Gasteiger partial charge in [0, 0.05) is 34.9 Å². The minimum atomic E-state index is -4.21. The fourth-order valence-electron chi connectivity index (χ4n) is 2.32. The van der Waals surface area contributed by atoms with Gasteiger partial charge >= 0.3 is 6.18 Å². The van der Waals surface area contributed by atoms with Crippen molar-refractivity contribution in [1.82, 2.24) is 0 Å². The molecule has 0 aliphatic carbocycles. The van der Waals surface area contributed by atoms with Crippen LogP contribution < -0.4 is 10.6 Å². The molecule has 0 radical (unpaired) electrons. The average Bonchev–Trinajstić information content (AvgIpc) is 2.37. The van der Waals surface area contributed by atoms with Gasteiger partial charge in [-0.15, -0.1) is 0 Å². The Balaban J connectivity index is 2.25. The summed E-state index contributed by atoms with van der Waals surface area (Å²) in [6.07, 6.45) is -2.94. The number of alkyl halides is 3. The maximum atomic E-state index is 12.6. The molecule has 0 bridgehead atoms. The highest BCUT2D eigenvalue weighted by Crippen LogP contribution is 2.34. The van der Waals surface area contributed by atoms with E-state index in [0.29, 0.717) is 6.54 Å². The van der Waals surface area contributed by atoms with E-state index in [9.17, 15) is 13.2 Å². The van der Waals surface area contributed by atoms with E-state index in [1.165, 1.54) is 6.08 Å². The SMILES string of the molecule is CC(N)c1cc(Br)ccc1N1CC=C(C(F)(F)F)CC1. The molecular weight excluding hydrogens is 333 g/mol. The number of rotatable bonds is 2. The third kappa shape index (κ3) is 3.35. The van der Waals surface area contributed by atoms with E-state index in [2.05, 4.69) is 15.9 Å². The molecule has 1 aromatic rings. The molecule has 20 heavy (non-hydrogen) atoms. The molecule has 0 amide bonds. The fraction of sp³-hybridized carbons (Fsp3) is 0.429. The van der Waals surface area contributed by atoms with Crippen molar-refractivity contribution in [2.45, 2.75) is 25.6 Å². The maximum Gasteiger partial charge on any atom is 0.412 e. The van der Waals surface area contributed by atoms with E-state index in [1.807, 2.05) is 30.0 Å². The highest BCUT2D eigenvalue weighted by atomic mass is 79.9. The number of nitrogens with zero attached hydrogens (tertiary/aromatic N) is 1. The number of hydrogen-bond acceptors (Lipinski definition) is 2. The zero-order valence-corrected chi connectivity index (χ0v) is 12.6. The van der Waals surface area contributed by atoms with Crippen LogP contribution in [0.15, 0.2) is 34.3 Å². The Hall–Kier alpha value is -1.01. The predicted molar refractivity (Wildman–Crippen MR) is 77.7 cm³/mol. The molecule has 0 spiro atoms. The lowest BCUT2D eigenvalue weighted by Gasteiger charge is -2.31. The van der Waals surface area contributed by atoms with Crippen LogP contribution in [0.5, 0.6) is 0 Å². The van der Waals surface area contributed by atoms with Crippen LogP contribution in [0.3, 0.4) is 0 Å². The van der Waals surface area contributed by atoms with Crippen LogP contribution in [-0.4, -0.2) is 19.3 Å². The Morgan fingerprint density at radius 1 is 1.35 bits per heavy atom. The molecule has 1 heterocycles. The number of anilines is 1. The molecule has 1 aliphatic rings. The van der Waals surface area contributed by atoms with Crippen LogP contribution in [0, 0.1) is 0 Å². The minimum Gasteiger partial charge on any atom is -0.367 e. The first kappa shape index (κ1) is 15.4. The molecule has 0 aromatic heterocycles. The Bertz CT molecular complexity index is 524. The van der Waals surface area contributed by atoms with Gasteiger partial charge in [0.05, 0.1) is 0 Å². The van der Waals surface area contributed by atoms with Crippen molar-refractivity contribution in [2.75, 3.05) is 18.0 Å². The Morgan fingerprint density at radius 2 is 2.05 bits per heavy atom. The molecule has 110 valence electrons. The Morgan fingerprint density at radius 3 is 2.55 bits per heavy atom. The van der Waals surface area contributed by atoms with Crippen molar-refractivity contribution in [1.29, 1.82) is 0 Å². The van der Waals surface area contributed by atoms with Gasteiger partial charge < -0.3 is 10.6 Å². The quantitative estimate of drug-likeness (QED) is 0.812. The summed E-state index contributed by atoms with van der Waals surface area (Å²) >= 11 is 3.39. The van der Waals surface area contributed by atoms with Gasteiger partial charge in [0.15, 0.2) is 0 Å². The second-order valence-electron chi connectivity index (χ2n) is 4.91. The lowest BCUT2D eigenvalue weighted by Crippen LogP contribution is -2.33. The van der Waals surface area contributed by atoms with Crippen molar-refractivity contribution < 1.29 is 13.2 Å². The first-order valence-electron chi connectivity index (χ1n) is 6.35. The number of halogens is 4. The van der Waals surface area contributed by atoms with Crippen molar-refractivity contribution in [3.8, 4) is 0 Å². The average molecular weight is 349 g/mol. The molecule has 0 saturated heterocycles. The zero-order chi connectivity index (χ0) is 14.9. The molecule has 1 aromatic carbocycles. The smallest absolute Gasteiger partial charge is 0.367 e. The first-order chi connectivity index (χ1) is 9.29. The van der Waals surface area contributed by atoms with Crippen LogP contribution >= 0.6 is 15.9 Å². The second kappa shape index (κ2) is 5.77. The van der Waals surface area contributed by atoms with Gasteiger partial charge in [0.25, 0.3) is 0 Å². The van der Waals surface area contributed by atoms with Gasteiger partial charge in [-0.25, -0.2) is 0 Å². The second-order valence-corrected chi connectivity index (χ2v) is 5.83. The summed E-state index contributed by atoms with van der Waals surface area (Å²) in [6, 6.07) is 5.53. The minimum absolute atomic E-state index is 0.0119. The van der Waals surface area contributed by atoms with E-state index >= 15 is 0 Å². The molecule has 2 nitrogen and oxygen atoms in total. The van der Waals surface area contributed by atoms with Crippen LogP contribution in [0.2, 0.25) is 0 Å². The van der Waals surface area contributed by atoms with Gasteiger partial charge in [-0.1, -0.05) is 22.0 Å². The number of hydrogen-bond donors (Lipinski definition) is 1. The van der Waals surface area contributed by atoms with Crippen LogP contribution in [0.4, 0.5) is 18.9 Å². The van der Waals surface area contributed by atoms with E-state index in [1.54, 1.807) is 0 Å². The van der Waals surface area contributed by atoms with Crippen LogP contribution in [0.1, 0.15) is 24.9 Å². The third-order valence-electron chi connectivity index (χ3n) is 3.39. The molecule has 6 heteroatoms. The first-order valence-corrected chi connectivity index (χ1v) is 7.14. The fourth-order valence-corrected chi connectivity index (χ4v) is 2.70. The lowest BCUT2D eigenvalue weighted by atomic mass is 10.0. The van der Waals surface area contributed by atoms with E-state index in [0.717, 1.165) is 15.7 Å². The molecule has 2 rings (SSSR count). The largest absolute Gasteiger partial charge is 0.412 e. The standard InChI is InChI=1S/C14H16BrF3N2/c1-9(19)12-8-11(15)2-3-13(12)20-6-4-10(5-7-20)14(16,17)18/h2-4,8-9H,5-7,19H2,1H3. The van der Waals surface area contributed by atoms with Gasteiger partial charge in [-0.2, -0.15) is 13.2 Å². The topological polar surface area (TPSA) is 29.3 Å². The van der Waals surface area contributed by atoms with Crippen LogP contribution in [0.25, 0.3) is 0 Å². The Labute approximate surface area is 124 Å². The molecule has 1 unspecified atom stereocenters. The van der Waals surface area contributed by atoms with Gasteiger partial charge in [-0.05, 0) is 37.1 Å².